The van der Waals surface area contributed by atoms with Gasteiger partial charge in [0, 0.05) is 30.9 Å². The van der Waals surface area contributed by atoms with Gasteiger partial charge in [-0.3, -0.25) is 0 Å². The fraction of sp³-hybridized carbons (Fsp3) is 0.348. The Bertz CT molecular complexity index is 785. The zero-order chi connectivity index (χ0) is 18.7. The number of hydrogen-bond acceptors (Lipinski definition) is 3. The summed E-state index contributed by atoms with van der Waals surface area (Å²) in [5.41, 5.74) is 4.59. The van der Waals surface area contributed by atoms with Crippen molar-refractivity contribution in [1.82, 2.24) is 9.55 Å². The van der Waals surface area contributed by atoms with Gasteiger partial charge in [0.2, 0.25) is 0 Å². The molecular formula is C23H28N2O2. The van der Waals surface area contributed by atoms with Crippen molar-refractivity contribution in [3.8, 4) is 22.5 Å². The van der Waals surface area contributed by atoms with Crippen LogP contribution >= 0.6 is 0 Å². The summed E-state index contributed by atoms with van der Waals surface area (Å²) in [6.07, 6.45) is 5.24. The second kappa shape index (κ2) is 10.7. The lowest BCUT2D eigenvalue weighted by Crippen LogP contribution is -2.03. The fourth-order valence-electron chi connectivity index (χ4n) is 3.12. The van der Waals surface area contributed by atoms with Crippen LogP contribution in [-0.4, -0.2) is 29.6 Å². The van der Waals surface area contributed by atoms with Gasteiger partial charge in [-0.25, -0.2) is 4.98 Å². The van der Waals surface area contributed by atoms with Crippen LogP contribution in [0.25, 0.3) is 22.5 Å². The van der Waals surface area contributed by atoms with Crippen molar-refractivity contribution in [3.63, 3.8) is 0 Å². The predicted octanol–water partition coefficient (Wildman–Crippen LogP) is 5.40. The summed E-state index contributed by atoms with van der Waals surface area (Å²) in [6, 6.07) is 20.9. The van der Waals surface area contributed by atoms with Gasteiger partial charge >= 0.3 is 0 Å². The van der Waals surface area contributed by atoms with Crippen molar-refractivity contribution in [3.05, 3.63) is 67.0 Å². The lowest BCUT2D eigenvalue weighted by Gasteiger charge is -2.11. The molecule has 1 heterocycles. The van der Waals surface area contributed by atoms with E-state index in [1.165, 1.54) is 11.3 Å². The van der Waals surface area contributed by atoms with Crippen LogP contribution < -0.4 is 0 Å². The molecule has 3 aromatic rings. The van der Waals surface area contributed by atoms with E-state index >= 15 is 0 Å². The van der Waals surface area contributed by atoms with Gasteiger partial charge in [0.05, 0.1) is 17.7 Å². The quantitative estimate of drug-likeness (QED) is 0.338. The number of aryl methyl sites for hydroxylation is 1. The van der Waals surface area contributed by atoms with Gasteiger partial charge in [0.15, 0.2) is 0 Å². The SMILES string of the molecule is CCOCOCCCCCn1cnc(-c2ccccc2)c1-c1ccccc1. The number of rotatable bonds is 11. The van der Waals surface area contributed by atoms with Crippen LogP contribution in [0.4, 0.5) is 0 Å². The standard InChI is InChI=1S/C23H28N2O2/c1-2-26-19-27-17-11-5-10-16-25-18-24-22(20-12-6-3-7-13-20)23(25)21-14-8-4-9-15-21/h3-4,6-9,12-15,18H,2,5,10-11,16-17,19H2,1H3. The monoisotopic (exact) mass is 364 g/mol. The van der Waals surface area contributed by atoms with E-state index in [0.29, 0.717) is 13.4 Å². The third kappa shape index (κ3) is 5.52. The molecule has 0 N–H and O–H groups in total. The summed E-state index contributed by atoms with van der Waals surface area (Å²) < 4.78 is 12.9. The number of imidazole rings is 1. The van der Waals surface area contributed by atoms with Crippen molar-refractivity contribution < 1.29 is 9.47 Å². The number of nitrogens with zero attached hydrogens (tertiary/aromatic N) is 2. The highest BCUT2D eigenvalue weighted by atomic mass is 16.7. The molecule has 142 valence electrons. The highest BCUT2D eigenvalue weighted by Crippen LogP contribution is 2.31. The van der Waals surface area contributed by atoms with Crippen LogP contribution in [0.5, 0.6) is 0 Å². The van der Waals surface area contributed by atoms with E-state index in [9.17, 15) is 0 Å². The predicted molar refractivity (Wildman–Crippen MR) is 109 cm³/mol. The van der Waals surface area contributed by atoms with Gasteiger partial charge in [0.1, 0.15) is 6.79 Å². The van der Waals surface area contributed by atoms with Gasteiger partial charge in [0.25, 0.3) is 0 Å². The Balaban J connectivity index is 1.66. The van der Waals surface area contributed by atoms with Gasteiger partial charge in [-0.15, -0.1) is 0 Å². The molecule has 4 heteroatoms. The first-order valence-electron chi connectivity index (χ1n) is 9.71. The first kappa shape index (κ1) is 19.3. The molecule has 0 aliphatic rings. The van der Waals surface area contributed by atoms with Crippen LogP contribution in [0.2, 0.25) is 0 Å². The van der Waals surface area contributed by atoms with Crippen LogP contribution in [0.3, 0.4) is 0 Å². The number of hydrogen-bond donors (Lipinski definition) is 0. The number of aromatic nitrogens is 2. The number of benzene rings is 2. The van der Waals surface area contributed by atoms with Gasteiger partial charge in [-0.05, 0) is 26.2 Å². The molecule has 27 heavy (non-hydrogen) atoms. The van der Waals surface area contributed by atoms with Gasteiger partial charge < -0.3 is 14.0 Å². The summed E-state index contributed by atoms with van der Waals surface area (Å²) in [5, 5.41) is 0. The second-order valence-electron chi connectivity index (χ2n) is 6.45. The molecule has 0 atom stereocenters. The lowest BCUT2D eigenvalue weighted by molar-refractivity contribution is -0.0502. The summed E-state index contributed by atoms with van der Waals surface area (Å²) in [7, 11) is 0. The van der Waals surface area contributed by atoms with E-state index < -0.39 is 0 Å². The molecule has 0 bridgehead atoms. The second-order valence-corrected chi connectivity index (χ2v) is 6.45. The van der Waals surface area contributed by atoms with Gasteiger partial charge in [-0.2, -0.15) is 0 Å². The van der Waals surface area contributed by atoms with Crippen LogP contribution in [0.1, 0.15) is 26.2 Å². The van der Waals surface area contributed by atoms with Crippen LogP contribution in [0.15, 0.2) is 67.0 Å². The van der Waals surface area contributed by atoms with Crippen LogP contribution in [-0.2, 0) is 16.0 Å². The summed E-state index contributed by atoms with van der Waals surface area (Å²) >= 11 is 0. The highest BCUT2D eigenvalue weighted by molar-refractivity contribution is 5.78. The summed E-state index contributed by atoms with van der Waals surface area (Å²) in [6.45, 7) is 4.78. The Kier molecular flexibility index (Phi) is 7.63. The molecule has 0 aliphatic carbocycles. The third-order valence-electron chi connectivity index (χ3n) is 4.49. The molecule has 0 amide bonds. The fourth-order valence-corrected chi connectivity index (χ4v) is 3.12. The molecule has 0 radical (unpaired) electrons. The average molecular weight is 364 g/mol. The van der Waals surface area contributed by atoms with Crippen molar-refractivity contribution in [2.45, 2.75) is 32.7 Å². The molecule has 0 aliphatic heterocycles. The molecular weight excluding hydrogens is 336 g/mol. The minimum absolute atomic E-state index is 0.399. The van der Waals surface area contributed by atoms with Gasteiger partial charge in [-0.1, -0.05) is 60.7 Å². The molecule has 0 unspecified atom stereocenters. The first-order valence-corrected chi connectivity index (χ1v) is 9.71. The maximum absolute atomic E-state index is 5.44. The van der Waals surface area contributed by atoms with E-state index in [4.69, 9.17) is 14.5 Å². The minimum Gasteiger partial charge on any atom is -0.356 e. The van der Waals surface area contributed by atoms with E-state index in [-0.39, 0.29) is 0 Å². The topological polar surface area (TPSA) is 36.3 Å². The molecule has 0 spiro atoms. The van der Waals surface area contributed by atoms with E-state index in [2.05, 4.69) is 59.2 Å². The minimum atomic E-state index is 0.399. The van der Waals surface area contributed by atoms with Crippen molar-refractivity contribution in [2.24, 2.45) is 0 Å². The maximum atomic E-state index is 5.44. The molecule has 0 saturated heterocycles. The highest BCUT2D eigenvalue weighted by Gasteiger charge is 2.14. The zero-order valence-electron chi connectivity index (χ0n) is 16.0. The number of unbranched alkanes of at least 4 members (excludes halogenated alkanes) is 2. The maximum Gasteiger partial charge on any atom is 0.146 e. The Morgan fingerprint density at radius 2 is 1.52 bits per heavy atom. The summed E-state index contributed by atoms with van der Waals surface area (Å²) in [5.74, 6) is 0. The smallest absolute Gasteiger partial charge is 0.146 e. The molecule has 4 nitrogen and oxygen atoms in total. The molecule has 1 aromatic heterocycles. The van der Waals surface area contributed by atoms with Crippen LogP contribution in [0, 0.1) is 0 Å². The van der Waals surface area contributed by atoms with E-state index in [1.54, 1.807) is 0 Å². The normalized spacial score (nSPS) is 11.0. The number of ether oxygens (including phenoxy) is 2. The molecule has 0 saturated carbocycles. The van der Waals surface area contributed by atoms with E-state index in [1.807, 2.05) is 19.3 Å². The Hall–Kier alpha value is -2.43. The summed E-state index contributed by atoms with van der Waals surface area (Å²) in [4.78, 5) is 4.73. The molecule has 2 aromatic carbocycles. The van der Waals surface area contributed by atoms with Crippen molar-refractivity contribution >= 4 is 0 Å². The Labute approximate surface area is 161 Å². The van der Waals surface area contributed by atoms with Crippen molar-refractivity contribution in [2.75, 3.05) is 20.0 Å². The molecule has 3 rings (SSSR count). The largest absolute Gasteiger partial charge is 0.356 e. The third-order valence-corrected chi connectivity index (χ3v) is 4.49. The lowest BCUT2D eigenvalue weighted by atomic mass is 10.0. The zero-order valence-corrected chi connectivity index (χ0v) is 16.0. The first-order chi connectivity index (χ1) is 13.4. The average Bonchev–Trinajstić information content (AvgIpc) is 3.15. The van der Waals surface area contributed by atoms with E-state index in [0.717, 1.165) is 43.7 Å². The molecule has 0 fully saturated rings. The Morgan fingerprint density at radius 1 is 0.815 bits per heavy atom. The Morgan fingerprint density at radius 3 is 2.22 bits per heavy atom. The van der Waals surface area contributed by atoms with Crippen molar-refractivity contribution in [1.29, 1.82) is 0 Å².